The number of aromatic nitrogens is 1. The van der Waals surface area contributed by atoms with E-state index in [2.05, 4.69) is 0 Å². The van der Waals surface area contributed by atoms with Crippen molar-refractivity contribution in [3.63, 3.8) is 0 Å². The quantitative estimate of drug-likeness (QED) is 0.751. The fourth-order valence-corrected chi connectivity index (χ4v) is 3.94. The second kappa shape index (κ2) is 8.42. The second-order valence-corrected chi connectivity index (χ2v) is 7.05. The van der Waals surface area contributed by atoms with Gasteiger partial charge in [0.05, 0.1) is 17.9 Å². The monoisotopic (exact) mass is 368 g/mol. The first-order valence-electron chi connectivity index (χ1n) is 9.74. The number of rotatable bonds is 5. The van der Waals surface area contributed by atoms with Gasteiger partial charge in [-0.15, -0.1) is 0 Å². The fraction of sp³-hybridized carbons (Fsp3) is 0.455. The smallest absolute Gasteiger partial charge is 0.340 e. The van der Waals surface area contributed by atoms with Crippen LogP contribution >= 0.6 is 0 Å². The normalized spacial score (nSPS) is 14.3. The highest BCUT2D eigenvalue weighted by molar-refractivity contribution is 5.95. The molecule has 5 heteroatoms. The molecule has 0 unspecified atom stereocenters. The summed E-state index contributed by atoms with van der Waals surface area (Å²) in [5.41, 5.74) is 4.14. The number of piperidine rings is 1. The van der Waals surface area contributed by atoms with E-state index < -0.39 is 0 Å². The largest absolute Gasteiger partial charge is 0.462 e. The van der Waals surface area contributed by atoms with Crippen LogP contribution in [0.25, 0.3) is 11.3 Å². The van der Waals surface area contributed by atoms with E-state index in [0.29, 0.717) is 12.2 Å². The van der Waals surface area contributed by atoms with Crippen LogP contribution in [-0.2, 0) is 16.1 Å². The van der Waals surface area contributed by atoms with E-state index in [-0.39, 0.29) is 18.4 Å². The van der Waals surface area contributed by atoms with Crippen molar-refractivity contribution in [3.05, 3.63) is 47.2 Å². The number of benzene rings is 1. The standard InChI is InChI=1S/C22H28N2O3/c1-4-27-22(26)20-16(2)21(18-11-7-5-8-12-18)24(17(20)3)15-19(25)23-13-9-6-10-14-23/h5,7-8,11-12H,4,6,9-10,13-15H2,1-3H3. The molecule has 2 aromatic rings. The Labute approximate surface area is 160 Å². The third-order valence-corrected chi connectivity index (χ3v) is 5.30. The summed E-state index contributed by atoms with van der Waals surface area (Å²) in [5.74, 6) is -0.214. The van der Waals surface area contributed by atoms with E-state index >= 15 is 0 Å². The van der Waals surface area contributed by atoms with Crippen molar-refractivity contribution >= 4 is 11.9 Å². The van der Waals surface area contributed by atoms with E-state index in [4.69, 9.17) is 4.74 Å². The lowest BCUT2D eigenvalue weighted by atomic mass is 10.1. The van der Waals surface area contributed by atoms with Crippen LogP contribution in [0, 0.1) is 13.8 Å². The molecule has 3 rings (SSSR count). The number of esters is 1. The Morgan fingerprint density at radius 2 is 1.70 bits per heavy atom. The van der Waals surface area contributed by atoms with Crippen LogP contribution in [-0.4, -0.2) is 41.0 Å². The summed E-state index contributed by atoms with van der Waals surface area (Å²) >= 11 is 0. The minimum atomic E-state index is -0.325. The summed E-state index contributed by atoms with van der Waals surface area (Å²) < 4.78 is 7.25. The summed E-state index contributed by atoms with van der Waals surface area (Å²) in [6.45, 7) is 7.86. The summed E-state index contributed by atoms with van der Waals surface area (Å²) in [7, 11) is 0. The van der Waals surface area contributed by atoms with E-state index in [1.165, 1.54) is 6.42 Å². The Morgan fingerprint density at radius 3 is 2.33 bits per heavy atom. The van der Waals surface area contributed by atoms with Crippen molar-refractivity contribution in [3.8, 4) is 11.3 Å². The third-order valence-electron chi connectivity index (χ3n) is 5.30. The lowest BCUT2D eigenvalue weighted by Crippen LogP contribution is -2.38. The summed E-state index contributed by atoms with van der Waals surface area (Å²) in [4.78, 5) is 27.4. The Bertz CT molecular complexity index is 818. The number of amides is 1. The molecule has 27 heavy (non-hydrogen) atoms. The second-order valence-electron chi connectivity index (χ2n) is 7.05. The summed E-state index contributed by atoms with van der Waals surface area (Å²) in [6.07, 6.45) is 3.32. The van der Waals surface area contributed by atoms with Gasteiger partial charge in [0, 0.05) is 18.8 Å². The molecule has 0 atom stereocenters. The summed E-state index contributed by atoms with van der Waals surface area (Å²) in [5, 5.41) is 0. The van der Waals surface area contributed by atoms with E-state index in [9.17, 15) is 9.59 Å². The first-order chi connectivity index (χ1) is 13.0. The van der Waals surface area contributed by atoms with Crippen molar-refractivity contribution in [2.45, 2.75) is 46.6 Å². The molecule has 5 nitrogen and oxygen atoms in total. The van der Waals surface area contributed by atoms with Gasteiger partial charge in [0.2, 0.25) is 5.91 Å². The molecule has 1 aromatic carbocycles. The molecule has 144 valence electrons. The van der Waals surface area contributed by atoms with Gasteiger partial charge in [0.1, 0.15) is 6.54 Å². The lowest BCUT2D eigenvalue weighted by molar-refractivity contribution is -0.132. The number of ether oxygens (including phenoxy) is 1. The molecule has 0 radical (unpaired) electrons. The van der Waals surface area contributed by atoms with Gasteiger partial charge >= 0.3 is 5.97 Å². The molecular formula is C22H28N2O3. The van der Waals surface area contributed by atoms with Crippen molar-refractivity contribution < 1.29 is 14.3 Å². The van der Waals surface area contributed by atoms with Gasteiger partial charge in [-0.2, -0.15) is 0 Å². The zero-order chi connectivity index (χ0) is 19.4. The average Bonchev–Trinajstić information content (AvgIpc) is 2.93. The molecule has 1 saturated heterocycles. The van der Waals surface area contributed by atoms with Gasteiger partial charge in [0.25, 0.3) is 0 Å². The van der Waals surface area contributed by atoms with Crippen LogP contribution in [0.3, 0.4) is 0 Å². The Balaban J connectivity index is 2.03. The van der Waals surface area contributed by atoms with Crippen LogP contribution in [0.1, 0.15) is 47.8 Å². The van der Waals surface area contributed by atoms with Crippen LogP contribution in [0.4, 0.5) is 0 Å². The molecule has 1 aliphatic rings. The van der Waals surface area contributed by atoms with Gasteiger partial charge in [-0.25, -0.2) is 4.79 Å². The van der Waals surface area contributed by atoms with Crippen molar-refractivity contribution in [2.24, 2.45) is 0 Å². The Hall–Kier alpha value is -2.56. The van der Waals surface area contributed by atoms with Crippen LogP contribution in [0.5, 0.6) is 0 Å². The van der Waals surface area contributed by atoms with Gasteiger partial charge in [-0.3, -0.25) is 4.79 Å². The number of likely N-dealkylation sites (tertiary alicyclic amines) is 1. The molecule has 0 spiro atoms. The highest BCUT2D eigenvalue weighted by atomic mass is 16.5. The number of carbonyl (C=O) groups is 2. The predicted molar refractivity (Wildman–Crippen MR) is 106 cm³/mol. The van der Waals surface area contributed by atoms with Gasteiger partial charge in [0.15, 0.2) is 0 Å². The third kappa shape index (κ3) is 3.92. The zero-order valence-electron chi connectivity index (χ0n) is 16.5. The van der Waals surface area contributed by atoms with Gasteiger partial charge in [-0.1, -0.05) is 30.3 Å². The van der Waals surface area contributed by atoms with Crippen molar-refractivity contribution in [1.29, 1.82) is 0 Å². The molecule has 1 aromatic heterocycles. The van der Waals surface area contributed by atoms with Crippen LogP contribution in [0.15, 0.2) is 30.3 Å². The summed E-state index contributed by atoms with van der Waals surface area (Å²) in [6, 6.07) is 9.93. The first-order valence-corrected chi connectivity index (χ1v) is 9.74. The van der Waals surface area contributed by atoms with E-state index in [0.717, 1.165) is 48.4 Å². The number of carbonyl (C=O) groups excluding carboxylic acids is 2. The molecule has 2 heterocycles. The predicted octanol–water partition coefficient (Wildman–Crippen LogP) is 3.96. The van der Waals surface area contributed by atoms with Crippen molar-refractivity contribution in [1.82, 2.24) is 9.47 Å². The van der Waals surface area contributed by atoms with Crippen LogP contribution in [0.2, 0.25) is 0 Å². The number of nitrogens with zero attached hydrogens (tertiary/aromatic N) is 2. The van der Waals surface area contributed by atoms with Crippen LogP contribution < -0.4 is 0 Å². The number of hydrogen-bond donors (Lipinski definition) is 0. The fourth-order valence-electron chi connectivity index (χ4n) is 3.94. The Morgan fingerprint density at radius 1 is 1.04 bits per heavy atom. The zero-order valence-corrected chi connectivity index (χ0v) is 16.5. The minimum Gasteiger partial charge on any atom is -0.462 e. The SMILES string of the molecule is CCOC(=O)c1c(C)c(-c2ccccc2)n(CC(=O)N2CCCCC2)c1C. The molecule has 0 aliphatic carbocycles. The molecule has 1 fully saturated rings. The lowest BCUT2D eigenvalue weighted by Gasteiger charge is -2.27. The molecule has 0 bridgehead atoms. The molecule has 0 N–H and O–H groups in total. The maximum atomic E-state index is 12.9. The van der Waals surface area contributed by atoms with E-state index in [1.54, 1.807) is 6.92 Å². The van der Waals surface area contributed by atoms with Gasteiger partial charge < -0.3 is 14.2 Å². The highest BCUT2D eigenvalue weighted by Gasteiger charge is 2.26. The maximum Gasteiger partial charge on any atom is 0.340 e. The number of hydrogen-bond acceptors (Lipinski definition) is 3. The van der Waals surface area contributed by atoms with Gasteiger partial charge in [-0.05, 0) is 51.2 Å². The van der Waals surface area contributed by atoms with Crippen molar-refractivity contribution in [2.75, 3.05) is 19.7 Å². The Kier molecular flexibility index (Phi) is 5.99. The molecule has 0 saturated carbocycles. The molecule has 1 amide bonds. The highest BCUT2D eigenvalue weighted by Crippen LogP contribution is 2.32. The topological polar surface area (TPSA) is 51.5 Å². The average molecular weight is 368 g/mol. The molecule has 1 aliphatic heterocycles. The molecular weight excluding hydrogens is 340 g/mol. The first kappa shape index (κ1) is 19.2. The van der Waals surface area contributed by atoms with E-state index in [1.807, 2.05) is 53.6 Å². The minimum absolute atomic E-state index is 0.111. The maximum absolute atomic E-state index is 12.9.